The number of rotatable bonds is 5. The van der Waals surface area contributed by atoms with Gasteiger partial charge in [0.25, 0.3) is 0 Å². The summed E-state index contributed by atoms with van der Waals surface area (Å²) in [5.41, 5.74) is 9.44. The third kappa shape index (κ3) is 3.88. The van der Waals surface area contributed by atoms with Gasteiger partial charge in [0.15, 0.2) is 0 Å². The Morgan fingerprint density at radius 2 is 2.10 bits per heavy atom. The average molecular weight is 411 g/mol. The number of nitrogens with one attached hydrogen (secondary N) is 1. The Balaban J connectivity index is 1.68. The van der Waals surface area contributed by atoms with E-state index in [2.05, 4.69) is 15.3 Å². The normalized spacial score (nSPS) is 19.3. The predicted molar refractivity (Wildman–Crippen MR) is 109 cm³/mol. The summed E-state index contributed by atoms with van der Waals surface area (Å²) >= 11 is 0. The number of alkyl halides is 3. The molecule has 1 aromatic carbocycles. The van der Waals surface area contributed by atoms with E-state index < -0.39 is 18.1 Å². The second-order valence-electron chi connectivity index (χ2n) is 7.73. The number of nitrogen functional groups attached to an aromatic ring is 1. The lowest BCUT2D eigenvalue weighted by atomic mass is 9.99. The van der Waals surface area contributed by atoms with Crippen LogP contribution in [0, 0.1) is 30.1 Å². The second kappa shape index (κ2) is 7.48. The number of fused-ring (bicyclic) bond motifs is 1. The lowest BCUT2D eigenvalue weighted by Crippen LogP contribution is -2.39. The SMILES string of the molecule is Cc1ccncc1-c1cc(N)c2cnc(NC(C3CC3CC#N)C(F)(F)F)cc2c1. The van der Waals surface area contributed by atoms with Crippen LogP contribution in [-0.2, 0) is 0 Å². The minimum absolute atomic E-state index is 0.131. The van der Waals surface area contributed by atoms with Crippen LogP contribution in [0.25, 0.3) is 21.9 Å². The zero-order valence-corrected chi connectivity index (χ0v) is 16.2. The summed E-state index contributed by atoms with van der Waals surface area (Å²) in [5, 5.41) is 12.7. The molecule has 5 nitrogen and oxygen atoms in total. The molecule has 2 aromatic heterocycles. The minimum atomic E-state index is -4.43. The van der Waals surface area contributed by atoms with Crippen LogP contribution in [0.5, 0.6) is 0 Å². The maximum Gasteiger partial charge on any atom is 0.408 e. The number of halogens is 3. The molecule has 1 aliphatic rings. The largest absolute Gasteiger partial charge is 0.408 e. The van der Waals surface area contributed by atoms with Crippen molar-refractivity contribution in [3.63, 3.8) is 0 Å². The minimum Gasteiger partial charge on any atom is -0.398 e. The van der Waals surface area contributed by atoms with Crippen molar-refractivity contribution in [3.8, 4) is 17.2 Å². The molecule has 2 heterocycles. The number of nitrogens with zero attached hydrogens (tertiary/aromatic N) is 3. The van der Waals surface area contributed by atoms with E-state index in [1.54, 1.807) is 18.5 Å². The number of anilines is 2. The molecule has 1 saturated carbocycles. The average Bonchev–Trinajstić information content (AvgIpc) is 3.44. The number of pyridine rings is 2. The van der Waals surface area contributed by atoms with Gasteiger partial charge in [-0.05, 0) is 66.0 Å². The third-order valence-corrected chi connectivity index (χ3v) is 5.63. The molecule has 8 heteroatoms. The van der Waals surface area contributed by atoms with Gasteiger partial charge in [-0.1, -0.05) is 0 Å². The van der Waals surface area contributed by atoms with Crippen molar-refractivity contribution >= 4 is 22.3 Å². The number of hydrogen-bond acceptors (Lipinski definition) is 5. The molecule has 30 heavy (non-hydrogen) atoms. The van der Waals surface area contributed by atoms with E-state index in [-0.39, 0.29) is 18.2 Å². The Labute approximate surface area is 171 Å². The van der Waals surface area contributed by atoms with Gasteiger partial charge in [0.05, 0.1) is 6.07 Å². The van der Waals surface area contributed by atoms with E-state index in [0.717, 1.165) is 16.7 Å². The summed E-state index contributed by atoms with van der Waals surface area (Å²) in [4.78, 5) is 8.30. The molecule has 3 aromatic rings. The standard InChI is InChI=1S/C22H20F3N5/c1-12-3-5-28-10-17(12)14-6-15-9-20(29-11-18(15)19(27)8-14)30-21(22(23,24)25)16-7-13(16)2-4-26/h3,5-6,8-11,13,16,21H,2,7,27H2,1H3,(H,29,30). The van der Waals surface area contributed by atoms with Crippen LogP contribution in [0.2, 0.25) is 0 Å². The molecule has 0 amide bonds. The van der Waals surface area contributed by atoms with Gasteiger partial charge in [0, 0.05) is 41.6 Å². The van der Waals surface area contributed by atoms with E-state index in [1.165, 1.54) is 6.20 Å². The van der Waals surface area contributed by atoms with Gasteiger partial charge >= 0.3 is 6.18 Å². The Morgan fingerprint density at radius 3 is 2.80 bits per heavy atom. The third-order valence-electron chi connectivity index (χ3n) is 5.63. The Bertz CT molecular complexity index is 1140. The van der Waals surface area contributed by atoms with E-state index in [4.69, 9.17) is 11.0 Å². The predicted octanol–water partition coefficient (Wildman–Crippen LogP) is 5.08. The number of aryl methyl sites for hydroxylation is 1. The molecule has 3 N–H and O–H groups in total. The molecule has 3 unspecified atom stereocenters. The summed E-state index contributed by atoms with van der Waals surface area (Å²) in [7, 11) is 0. The highest BCUT2D eigenvalue weighted by molar-refractivity contribution is 5.97. The molecule has 0 radical (unpaired) electrons. The van der Waals surface area contributed by atoms with Gasteiger partial charge < -0.3 is 11.1 Å². The van der Waals surface area contributed by atoms with Crippen LogP contribution in [0.1, 0.15) is 18.4 Å². The molecule has 3 atom stereocenters. The van der Waals surface area contributed by atoms with E-state index in [0.29, 0.717) is 22.9 Å². The van der Waals surface area contributed by atoms with E-state index >= 15 is 0 Å². The summed E-state index contributed by atoms with van der Waals surface area (Å²) in [6.07, 6.45) is 1.01. The smallest absolute Gasteiger partial charge is 0.398 e. The maximum absolute atomic E-state index is 13.6. The first kappa shape index (κ1) is 20.0. The Kier molecular flexibility index (Phi) is 4.98. The molecule has 0 aliphatic heterocycles. The monoisotopic (exact) mass is 411 g/mol. The van der Waals surface area contributed by atoms with Crippen LogP contribution in [-0.4, -0.2) is 22.2 Å². The fourth-order valence-corrected chi connectivity index (χ4v) is 3.91. The molecular formula is C22H20F3N5. The van der Waals surface area contributed by atoms with Gasteiger partial charge in [0.2, 0.25) is 0 Å². The van der Waals surface area contributed by atoms with Crippen molar-refractivity contribution in [2.75, 3.05) is 11.1 Å². The van der Waals surface area contributed by atoms with Gasteiger partial charge in [-0.3, -0.25) is 4.98 Å². The zero-order chi connectivity index (χ0) is 21.5. The molecule has 4 rings (SSSR count). The lowest BCUT2D eigenvalue weighted by Gasteiger charge is -2.22. The van der Waals surface area contributed by atoms with Gasteiger partial charge in [-0.25, -0.2) is 4.98 Å². The second-order valence-corrected chi connectivity index (χ2v) is 7.73. The molecule has 0 saturated heterocycles. The fraction of sp³-hybridized carbons (Fsp3) is 0.318. The van der Waals surface area contributed by atoms with Crippen molar-refractivity contribution in [2.45, 2.75) is 32.0 Å². The van der Waals surface area contributed by atoms with Crippen molar-refractivity contribution in [1.82, 2.24) is 9.97 Å². The first-order valence-corrected chi connectivity index (χ1v) is 9.58. The van der Waals surface area contributed by atoms with Gasteiger partial charge in [-0.15, -0.1) is 0 Å². The number of nitriles is 1. The summed E-state index contributed by atoms with van der Waals surface area (Å²) in [6.45, 7) is 1.96. The topological polar surface area (TPSA) is 87.6 Å². The van der Waals surface area contributed by atoms with Crippen molar-refractivity contribution in [2.24, 2.45) is 11.8 Å². The van der Waals surface area contributed by atoms with Gasteiger partial charge in [-0.2, -0.15) is 18.4 Å². The highest BCUT2D eigenvalue weighted by atomic mass is 19.4. The summed E-state index contributed by atoms with van der Waals surface area (Å²) in [5.74, 6) is -0.714. The maximum atomic E-state index is 13.6. The van der Waals surface area contributed by atoms with E-state index in [1.807, 2.05) is 31.2 Å². The highest BCUT2D eigenvalue weighted by Gasteiger charge is 2.54. The molecular weight excluding hydrogens is 391 g/mol. The number of benzene rings is 1. The van der Waals surface area contributed by atoms with Crippen molar-refractivity contribution in [1.29, 1.82) is 5.26 Å². The van der Waals surface area contributed by atoms with Crippen molar-refractivity contribution in [3.05, 3.63) is 48.4 Å². The molecule has 154 valence electrons. The van der Waals surface area contributed by atoms with Crippen LogP contribution < -0.4 is 11.1 Å². The van der Waals surface area contributed by atoms with E-state index in [9.17, 15) is 13.2 Å². The first-order chi connectivity index (χ1) is 14.3. The molecule has 0 spiro atoms. The van der Waals surface area contributed by atoms with Crippen LogP contribution >= 0.6 is 0 Å². The Morgan fingerprint density at radius 1 is 1.30 bits per heavy atom. The summed E-state index contributed by atoms with van der Waals surface area (Å²) in [6, 6.07) is 7.38. The summed E-state index contributed by atoms with van der Waals surface area (Å²) < 4.78 is 40.9. The van der Waals surface area contributed by atoms with Crippen molar-refractivity contribution < 1.29 is 13.2 Å². The zero-order valence-electron chi connectivity index (χ0n) is 16.2. The Hall–Kier alpha value is -3.34. The number of hydrogen-bond donors (Lipinski definition) is 2. The van der Waals surface area contributed by atoms with Crippen LogP contribution in [0.4, 0.5) is 24.7 Å². The first-order valence-electron chi connectivity index (χ1n) is 9.58. The van der Waals surface area contributed by atoms with Gasteiger partial charge in [0.1, 0.15) is 11.9 Å². The lowest BCUT2D eigenvalue weighted by molar-refractivity contribution is -0.147. The highest BCUT2D eigenvalue weighted by Crippen LogP contribution is 2.48. The van der Waals surface area contributed by atoms with Crippen LogP contribution in [0.15, 0.2) is 42.9 Å². The molecule has 1 aliphatic carbocycles. The number of nitrogens with two attached hydrogens (primary N) is 1. The molecule has 1 fully saturated rings. The quantitative estimate of drug-likeness (QED) is 0.572. The number of aromatic nitrogens is 2. The fourth-order valence-electron chi connectivity index (χ4n) is 3.91. The molecule has 0 bridgehead atoms. The van der Waals surface area contributed by atoms with Crippen LogP contribution in [0.3, 0.4) is 0 Å².